The number of nitrogens with zero attached hydrogens (tertiary/aromatic N) is 1. The van der Waals surface area contributed by atoms with Crippen LogP contribution >= 0.6 is 11.6 Å². The van der Waals surface area contributed by atoms with Gasteiger partial charge in [-0.25, -0.2) is 0 Å². The standard InChI is InChI=1S/C21H16ClN3O5/c22-13-4-2-12(3-5-13)18(27)23-10-11-1-6-14-15(9-11)21(30)25(20(14)29)16-7-8-17(26)24-19(16)28/h1-6,9,16H,7-8,10H2,(H,23,27)(H,24,26,28). The molecule has 0 aliphatic carbocycles. The number of halogens is 1. The smallest absolute Gasteiger partial charge is 0.262 e. The van der Waals surface area contributed by atoms with Gasteiger partial charge in [-0.3, -0.25) is 34.2 Å². The molecule has 2 heterocycles. The van der Waals surface area contributed by atoms with E-state index in [1.54, 1.807) is 30.3 Å². The van der Waals surface area contributed by atoms with Gasteiger partial charge in [0.05, 0.1) is 11.1 Å². The highest BCUT2D eigenvalue weighted by molar-refractivity contribution is 6.30. The van der Waals surface area contributed by atoms with Gasteiger partial charge in [0.25, 0.3) is 17.7 Å². The molecule has 2 aromatic carbocycles. The summed E-state index contributed by atoms with van der Waals surface area (Å²) < 4.78 is 0. The molecule has 152 valence electrons. The second kappa shape index (κ2) is 7.72. The average Bonchev–Trinajstić information content (AvgIpc) is 2.97. The molecule has 2 aliphatic heterocycles. The van der Waals surface area contributed by atoms with E-state index in [2.05, 4.69) is 10.6 Å². The third kappa shape index (κ3) is 3.57. The normalized spacial score (nSPS) is 18.3. The SMILES string of the molecule is O=C1CCC(N2C(=O)c3ccc(CNC(=O)c4ccc(Cl)cc4)cc3C2=O)C(=O)N1. The van der Waals surface area contributed by atoms with Crippen molar-refractivity contribution in [2.75, 3.05) is 0 Å². The molecule has 0 bridgehead atoms. The zero-order chi connectivity index (χ0) is 21.4. The molecule has 0 saturated carbocycles. The van der Waals surface area contributed by atoms with Crippen LogP contribution in [0, 0.1) is 0 Å². The van der Waals surface area contributed by atoms with Crippen LogP contribution in [0.3, 0.4) is 0 Å². The third-order valence-corrected chi connectivity index (χ3v) is 5.32. The van der Waals surface area contributed by atoms with Crippen LogP contribution in [0.5, 0.6) is 0 Å². The van der Waals surface area contributed by atoms with E-state index in [9.17, 15) is 24.0 Å². The molecule has 2 aliphatic rings. The maximum Gasteiger partial charge on any atom is 0.262 e. The molecule has 1 fully saturated rings. The molecule has 2 aromatic rings. The Balaban J connectivity index is 1.49. The van der Waals surface area contributed by atoms with Crippen LogP contribution in [0.25, 0.3) is 0 Å². The first-order valence-corrected chi connectivity index (χ1v) is 9.61. The topological polar surface area (TPSA) is 113 Å². The molecule has 5 amide bonds. The zero-order valence-corrected chi connectivity index (χ0v) is 16.4. The molecule has 9 heteroatoms. The van der Waals surface area contributed by atoms with E-state index in [0.29, 0.717) is 16.1 Å². The monoisotopic (exact) mass is 425 g/mol. The first kappa shape index (κ1) is 19.8. The minimum atomic E-state index is -1.01. The fraction of sp³-hybridized carbons (Fsp3) is 0.190. The van der Waals surface area contributed by atoms with Crippen LogP contribution in [-0.4, -0.2) is 40.5 Å². The molecule has 0 radical (unpaired) electrons. The lowest BCUT2D eigenvalue weighted by Gasteiger charge is -2.27. The quantitative estimate of drug-likeness (QED) is 0.723. The molecule has 1 unspecified atom stereocenters. The summed E-state index contributed by atoms with van der Waals surface area (Å²) >= 11 is 5.82. The number of amides is 5. The summed E-state index contributed by atoms with van der Waals surface area (Å²) in [6.45, 7) is 0.147. The van der Waals surface area contributed by atoms with Crippen molar-refractivity contribution in [3.8, 4) is 0 Å². The van der Waals surface area contributed by atoms with Gasteiger partial charge in [0.1, 0.15) is 6.04 Å². The lowest BCUT2D eigenvalue weighted by Crippen LogP contribution is -2.54. The van der Waals surface area contributed by atoms with Crippen molar-refractivity contribution in [2.45, 2.75) is 25.4 Å². The number of nitrogens with one attached hydrogen (secondary N) is 2. The highest BCUT2D eigenvalue weighted by atomic mass is 35.5. The molecule has 0 aromatic heterocycles. The molecule has 30 heavy (non-hydrogen) atoms. The van der Waals surface area contributed by atoms with Crippen LogP contribution in [0.4, 0.5) is 0 Å². The largest absolute Gasteiger partial charge is 0.348 e. The van der Waals surface area contributed by atoms with E-state index in [0.717, 1.165) is 4.90 Å². The first-order chi connectivity index (χ1) is 14.3. The zero-order valence-electron chi connectivity index (χ0n) is 15.6. The number of hydrogen-bond acceptors (Lipinski definition) is 5. The number of benzene rings is 2. The van der Waals surface area contributed by atoms with Crippen molar-refractivity contribution in [2.24, 2.45) is 0 Å². The molecule has 0 spiro atoms. The van der Waals surface area contributed by atoms with Crippen molar-refractivity contribution in [3.63, 3.8) is 0 Å². The van der Waals surface area contributed by atoms with E-state index in [1.165, 1.54) is 12.1 Å². The Kier molecular flexibility index (Phi) is 5.09. The fourth-order valence-electron chi connectivity index (χ4n) is 3.51. The van der Waals surface area contributed by atoms with Gasteiger partial charge in [0.2, 0.25) is 11.8 Å². The molecule has 4 rings (SSSR count). The van der Waals surface area contributed by atoms with Crippen LogP contribution in [-0.2, 0) is 16.1 Å². The van der Waals surface area contributed by atoms with Gasteiger partial charge in [-0.15, -0.1) is 0 Å². The van der Waals surface area contributed by atoms with Crippen molar-refractivity contribution in [1.29, 1.82) is 0 Å². The summed E-state index contributed by atoms with van der Waals surface area (Å²) in [6.07, 6.45) is 0.159. The summed E-state index contributed by atoms with van der Waals surface area (Å²) in [5.41, 5.74) is 1.43. The van der Waals surface area contributed by atoms with Gasteiger partial charge in [0.15, 0.2) is 0 Å². The number of carbonyl (C=O) groups is 5. The van der Waals surface area contributed by atoms with Gasteiger partial charge < -0.3 is 5.32 Å². The van der Waals surface area contributed by atoms with Crippen LogP contribution in [0.1, 0.15) is 49.5 Å². The summed E-state index contributed by atoms with van der Waals surface area (Å²) in [5.74, 6) is -2.54. The highest BCUT2D eigenvalue weighted by Gasteiger charge is 2.44. The van der Waals surface area contributed by atoms with Gasteiger partial charge in [-0.2, -0.15) is 0 Å². The summed E-state index contributed by atoms with van der Waals surface area (Å²) in [5, 5.41) is 5.42. The van der Waals surface area contributed by atoms with Gasteiger partial charge in [0, 0.05) is 23.6 Å². The van der Waals surface area contributed by atoms with E-state index >= 15 is 0 Å². The molecule has 1 saturated heterocycles. The predicted octanol–water partition coefficient (Wildman–Crippen LogP) is 1.67. The minimum Gasteiger partial charge on any atom is -0.348 e. The molecular weight excluding hydrogens is 410 g/mol. The molecular formula is C21H16ClN3O5. The second-order valence-electron chi connectivity index (χ2n) is 7.02. The Morgan fingerprint density at radius 2 is 1.73 bits per heavy atom. The summed E-state index contributed by atoms with van der Waals surface area (Å²) in [6, 6.07) is 10.1. The molecule has 2 N–H and O–H groups in total. The number of imide groups is 2. The number of rotatable bonds is 4. The molecule has 8 nitrogen and oxygen atoms in total. The van der Waals surface area contributed by atoms with Crippen LogP contribution in [0.2, 0.25) is 5.02 Å². The second-order valence-corrected chi connectivity index (χ2v) is 7.45. The predicted molar refractivity (Wildman–Crippen MR) is 106 cm³/mol. The Morgan fingerprint density at radius 1 is 1.03 bits per heavy atom. The highest BCUT2D eigenvalue weighted by Crippen LogP contribution is 2.28. The maximum absolute atomic E-state index is 12.8. The number of piperidine rings is 1. The van der Waals surface area contributed by atoms with Gasteiger partial charge >= 0.3 is 0 Å². The summed E-state index contributed by atoms with van der Waals surface area (Å²) in [7, 11) is 0. The number of hydrogen-bond donors (Lipinski definition) is 2. The molecule has 1 atom stereocenters. The number of fused-ring (bicyclic) bond motifs is 1. The lowest BCUT2D eigenvalue weighted by atomic mass is 10.0. The fourth-order valence-corrected chi connectivity index (χ4v) is 3.64. The van der Waals surface area contributed by atoms with Crippen LogP contribution < -0.4 is 10.6 Å². The minimum absolute atomic E-state index is 0.0613. The average molecular weight is 426 g/mol. The Labute approximate surface area is 176 Å². The third-order valence-electron chi connectivity index (χ3n) is 5.06. The van der Waals surface area contributed by atoms with E-state index in [4.69, 9.17) is 11.6 Å². The Hall–Kier alpha value is -3.52. The van der Waals surface area contributed by atoms with E-state index < -0.39 is 29.7 Å². The van der Waals surface area contributed by atoms with Crippen LogP contribution in [0.15, 0.2) is 42.5 Å². The summed E-state index contributed by atoms with van der Waals surface area (Å²) in [4.78, 5) is 62.1. The van der Waals surface area contributed by atoms with Gasteiger partial charge in [-0.05, 0) is 48.4 Å². The van der Waals surface area contributed by atoms with Crippen molar-refractivity contribution < 1.29 is 24.0 Å². The Bertz CT molecular complexity index is 1100. The van der Waals surface area contributed by atoms with E-state index in [1.807, 2.05) is 0 Å². The van der Waals surface area contributed by atoms with E-state index in [-0.39, 0.29) is 36.4 Å². The lowest BCUT2D eigenvalue weighted by molar-refractivity contribution is -0.136. The van der Waals surface area contributed by atoms with Crippen molar-refractivity contribution in [1.82, 2.24) is 15.5 Å². The van der Waals surface area contributed by atoms with Crippen molar-refractivity contribution >= 4 is 41.1 Å². The first-order valence-electron chi connectivity index (χ1n) is 9.23. The van der Waals surface area contributed by atoms with Gasteiger partial charge in [-0.1, -0.05) is 17.7 Å². The number of carbonyl (C=O) groups excluding carboxylic acids is 5. The maximum atomic E-state index is 12.8. The Morgan fingerprint density at radius 3 is 2.43 bits per heavy atom. The van der Waals surface area contributed by atoms with Crippen molar-refractivity contribution in [3.05, 3.63) is 69.7 Å².